The molecule has 9 heteroatoms. The van der Waals surface area contributed by atoms with Crippen LogP contribution in [0.4, 0.5) is 0 Å². The fourth-order valence-electron chi connectivity index (χ4n) is 2.31. The Bertz CT molecular complexity index is 771. The summed E-state index contributed by atoms with van der Waals surface area (Å²) < 4.78 is 38.1. The number of ether oxygens (including phenoxy) is 2. The van der Waals surface area contributed by atoms with Crippen molar-refractivity contribution >= 4 is 21.6 Å². The van der Waals surface area contributed by atoms with Crippen LogP contribution in [0, 0.1) is 0 Å². The van der Waals surface area contributed by atoms with Crippen LogP contribution in [0.3, 0.4) is 0 Å². The quantitative estimate of drug-likeness (QED) is 0.814. The van der Waals surface area contributed by atoms with Gasteiger partial charge in [0, 0.05) is 24.0 Å². The summed E-state index contributed by atoms with van der Waals surface area (Å²) in [5.74, 6) is 0.330. The average molecular weight is 370 g/mol. The van der Waals surface area contributed by atoms with Gasteiger partial charge >= 0.3 is 0 Å². The molecule has 1 aromatic carbocycles. The first-order valence-electron chi connectivity index (χ1n) is 7.32. The summed E-state index contributed by atoms with van der Waals surface area (Å²) in [7, 11) is -3.65. The Hall–Kier alpha value is -1.74. The van der Waals surface area contributed by atoms with Crippen LogP contribution in [0.2, 0.25) is 5.02 Å². The largest absolute Gasteiger partial charge is 0.469 e. The number of rotatable bonds is 4. The van der Waals surface area contributed by atoms with E-state index in [4.69, 9.17) is 21.1 Å². The predicted molar refractivity (Wildman–Crippen MR) is 87.5 cm³/mol. The van der Waals surface area contributed by atoms with Crippen molar-refractivity contribution in [3.05, 3.63) is 47.9 Å². The lowest BCUT2D eigenvalue weighted by Gasteiger charge is -2.23. The van der Waals surface area contributed by atoms with E-state index in [0.717, 1.165) is 0 Å². The minimum Gasteiger partial charge on any atom is -0.469 e. The van der Waals surface area contributed by atoms with E-state index in [1.54, 1.807) is 12.1 Å². The van der Waals surface area contributed by atoms with Gasteiger partial charge in [0.15, 0.2) is 0 Å². The first kappa shape index (κ1) is 17.1. The number of benzene rings is 1. The molecule has 0 bridgehead atoms. The number of hydrogen-bond donors (Lipinski definition) is 0. The summed E-state index contributed by atoms with van der Waals surface area (Å²) >= 11 is 5.83. The molecule has 1 aliphatic rings. The standard InChI is InChI=1S/C15H16ClN3O4S/c16-12-1-3-14(4-2-12)24(20,21)19-7-8-22-11-13(10-19)23-15-9-17-5-6-18-15/h1-6,9,13H,7-8,10-11H2. The van der Waals surface area contributed by atoms with Gasteiger partial charge in [-0.1, -0.05) is 11.6 Å². The van der Waals surface area contributed by atoms with Gasteiger partial charge in [0.1, 0.15) is 6.10 Å². The second kappa shape index (κ2) is 7.43. The van der Waals surface area contributed by atoms with Crippen LogP contribution < -0.4 is 4.74 Å². The van der Waals surface area contributed by atoms with E-state index in [0.29, 0.717) is 17.5 Å². The molecule has 0 spiro atoms. The predicted octanol–water partition coefficient (Wildman–Crippen LogP) is 1.60. The van der Waals surface area contributed by atoms with Gasteiger partial charge in [0.25, 0.3) is 0 Å². The van der Waals surface area contributed by atoms with Gasteiger partial charge in [-0.3, -0.25) is 4.98 Å². The molecule has 0 saturated carbocycles. The maximum absolute atomic E-state index is 12.8. The van der Waals surface area contributed by atoms with Crippen LogP contribution in [-0.2, 0) is 14.8 Å². The number of halogens is 1. The Kier molecular flexibility index (Phi) is 5.30. The lowest BCUT2D eigenvalue weighted by Crippen LogP contribution is -2.40. The lowest BCUT2D eigenvalue weighted by atomic mass is 10.4. The molecule has 3 rings (SSSR count). The number of sulfonamides is 1. The molecule has 1 fully saturated rings. The maximum Gasteiger partial charge on any atom is 0.243 e. The van der Waals surface area contributed by atoms with Crippen LogP contribution in [0.5, 0.6) is 5.88 Å². The van der Waals surface area contributed by atoms with E-state index < -0.39 is 16.1 Å². The molecule has 1 saturated heterocycles. The van der Waals surface area contributed by atoms with Crippen molar-refractivity contribution < 1.29 is 17.9 Å². The van der Waals surface area contributed by atoms with Crippen molar-refractivity contribution in [2.45, 2.75) is 11.0 Å². The summed E-state index contributed by atoms with van der Waals surface area (Å²) in [4.78, 5) is 8.15. The smallest absolute Gasteiger partial charge is 0.243 e. The lowest BCUT2D eigenvalue weighted by molar-refractivity contribution is 0.0694. The molecule has 0 aliphatic carbocycles. The first-order chi connectivity index (χ1) is 11.6. The van der Waals surface area contributed by atoms with E-state index in [2.05, 4.69) is 9.97 Å². The summed E-state index contributed by atoms with van der Waals surface area (Å²) in [6.07, 6.45) is 4.05. The molecular formula is C15H16ClN3O4S. The molecular weight excluding hydrogens is 354 g/mol. The van der Waals surface area contributed by atoms with Crippen molar-refractivity contribution in [2.24, 2.45) is 0 Å². The number of nitrogens with zero attached hydrogens (tertiary/aromatic N) is 3. The van der Waals surface area contributed by atoms with Crippen molar-refractivity contribution in [3.63, 3.8) is 0 Å². The number of hydrogen-bond acceptors (Lipinski definition) is 6. The Morgan fingerprint density at radius 2 is 2.04 bits per heavy atom. The third-order valence-electron chi connectivity index (χ3n) is 3.47. The minimum absolute atomic E-state index is 0.168. The molecule has 1 aliphatic heterocycles. The maximum atomic E-state index is 12.8. The van der Waals surface area contributed by atoms with E-state index in [1.807, 2.05) is 0 Å². The molecule has 2 aromatic rings. The monoisotopic (exact) mass is 369 g/mol. The van der Waals surface area contributed by atoms with E-state index in [-0.39, 0.29) is 24.6 Å². The fourth-order valence-corrected chi connectivity index (χ4v) is 3.90. The highest BCUT2D eigenvalue weighted by Crippen LogP contribution is 2.20. The number of aromatic nitrogens is 2. The second-order valence-corrected chi connectivity index (χ2v) is 7.55. The zero-order chi connectivity index (χ0) is 17.0. The van der Waals surface area contributed by atoms with Crippen molar-refractivity contribution in [2.75, 3.05) is 26.3 Å². The van der Waals surface area contributed by atoms with Crippen LogP contribution in [-0.4, -0.2) is 55.1 Å². The zero-order valence-electron chi connectivity index (χ0n) is 12.7. The van der Waals surface area contributed by atoms with Crippen molar-refractivity contribution in [1.82, 2.24) is 14.3 Å². The third kappa shape index (κ3) is 4.02. The van der Waals surface area contributed by atoms with Crippen LogP contribution >= 0.6 is 11.6 Å². The Morgan fingerprint density at radius 1 is 1.25 bits per heavy atom. The average Bonchev–Trinajstić information content (AvgIpc) is 2.82. The van der Waals surface area contributed by atoms with Crippen LogP contribution in [0.1, 0.15) is 0 Å². The van der Waals surface area contributed by atoms with E-state index in [9.17, 15) is 8.42 Å². The highest BCUT2D eigenvalue weighted by atomic mass is 35.5. The molecule has 2 heterocycles. The molecule has 7 nitrogen and oxygen atoms in total. The molecule has 0 radical (unpaired) electrons. The first-order valence-corrected chi connectivity index (χ1v) is 9.13. The third-order valence-corrected chi connectivity index (χ3v) is 5.61. The van der Waals surface area contributed by atoms with Gasteiger partial charge in [-0.2, -0.15) is 4.31 Å². The van der Waals surface area contributed by atoms with Gasteiger partial charge in [-0.15, -0.1) is 0 Å². The SMILES string of the molecule is O=S(=O)(c1ccc(Cl)cc1)N1CCOCC(Oc2cnccn2)C1. The Morgan fingerprint density at radius 3 is 2.75 bits per heavy atom. The minimum atomic E-state index is -3.65. The zero-order valence-corrected chi connectivity index (χ0v) is 14.3. The summed E-state index contributed by atoms with van der Waals surface area (Å²) in [5.41, 5.74) is 0. The Balaban J connectivity index is 1.78. The van der Waals surface area contributed by atoms with E-state index in [1.165, 1.54) is 35.0 Å². The van der Waals surface area contributed by atoms with Crippen molar-refractivity contribution in [1.29, 1.82) is 0 Å². The molecule has 0 N–H and O–H groups in total. The summed E-state index contributed by atoms with van der Waals surface area (Å²) in [6.45, 7) is 1.00. The molecule has 1 aromatic heterocycles. The van der Waals surface area contributed by atoms with Gasteiger partial charge < -0.3 is 9.47 Å². The van der Waals surface area contributed by atoms with Gasteiger partial charge in [-0.25, -0.2) is 13.4 Å². The van der Waals surface area contributed by atoms with Crippen LogP contribution in [0.25, 0.3) is 0 Å². The van der Waals surface area contributed by atoms with Gasteiger partial charge in [0.2, 0.25) is 15.9 Å². The highest BCUT2D eigenvalue weighted by molar-refractivity contribution is 7.89. The van der Waals surface area contributed by atoms with Gasteiger partial charge in [-0.05, 0) is 24.3 Å². The Labute approximate surface area is 145 Å². The van der Waals surface area contributed by atoms with Crippen molar-refractivity contribution in [3.8, 4) is 5.88 Å². The van der Waals surface area contributed by atoms with Crippen LogP contribution in [0.15, 0.2) is 47.8 Å². The molecule has 128 valence electrons. The fraction of sp³-hybridized carbons (Fsp3) is 0.333. The second-order valence-electron chi connectivity index (χ2n) is 5.18. The topological polar surface area (TPSA) is 81.6 Å². The molecule has 1 atom stereocenters. The molecule has 0 amide bonds. The summed E-state index contributed by atoms with van der Waals surface area (Å²) in [5, 5.41) is 0.483. The highest BCUT2D eigenvalue weighted by Gasteiger charge is 2.30. The molecule has 24 heavy (non-hydrogen) atoms. The van der Waals surface area contributed by atoms with E-state index >= 15 is 0 Å². The summed E-state index contributed by atoms with van der Waals surface area (Å²) in [6, 6.07) is 6.08. The van der Waals surface area contributed by atoms with Gasteiger partial charge in [0.05, 0.1) is 30.9 Å². The normalized spacial score (nSPS) is 19.6. The molecule has 1 unspecified atom stereocenters.